The Labute approximate surface area is 287 Å². The van der Waals surface area contributed by atoms with Gasteiger partial charge in [-0.05, 0) is 58.7 Å². The first-order valence-corrected chi connectivity index (χ1v) is 16.7. The maximum atomic E-state index is 6.42. The molecule has 0 saturated heterocycles. The second-order valence-corrected chi connectivity index (χ2v) is 12.5. The summed E-state index contributed by atoms with van der Waals surface area (Å²) in [6.07, 6.45) is 0. The molecule has 3 aromatic heterocycles. The number of nitrogens with zero attached hydrogens (tertiary/aromatic N) is 4. The van der Waals surface area contributed by atoms with Gasteiger partial charge in [0.15, 0.2) is 11.6 Å². The Hall–Kier alpha value is -6.85. The Morgan fingerprint density at radius 2 is 0.860 bits per heavy atom. The summed E-state index contributed by atoms with van der Waals surface area (Å²) in [5.41, 5.74) is 10.1. The van der Waals surface area contributed by atoms with Gasteiger partial charge < -0.3 is 4.42 Å². The highest BCUT2D eigenvalue weighted by molar-refractivity contribution is 6.09. The average Bonchev–Trinajstić information content (AvgIpc) is 3.73. The normalized spacial score (nSPS) is 11.6. The van der Waals surface area contributed by atoms with Crippen molar-refractivity contribution in [3.05, 3.63) is 170 Å². The van der Waals surface area contributed by atoms with E-state index in [2.05, 4.69) is 156 Å². The molecule has 0 saturated carbocycles. The molecule has 5 heteroatoms. The summed E-state index contributed by atoms with van der Waals surface area (Å²) in [5, 5.41) is 4.43. The second kappa shape index (κ2) is 11.4. The number of fused-ring (bicyclic) bond motifs is 6. The fourth-order valence-corrected chi connectivity index (χ4v) is 7.03. The molecule has 0 N–H and O–H groups in total. The molecule has 10 aromatic rings. The van der Waals surface area contributed by atoms with Crippen molar-refractivity contribution in [3.8, 4) is 51.0 Å². The van der Waals surface area contributed by atoms with Crippen LogP contribution in [0.25, 0.3) is 94.7 Å². The van der Waals surface area contributed by atoms with Gasteiger partial charge in [-0.3, -0.25) is 4.57 Å². The zero-order valence-corrected chi connectivity index (χ0v) is 26.9. The van der Waals surface area contributed by atoms with Crippen molar-refractivity contribution in [2.75, 3.05) is 0 Å². The first kappa shape index (κ1) is 28.2. The van der Waals surface area contributed by atoms with Crippen LogP contribution in [0.2, 0.25) is 0 Å². The summed E-state index contributed by atoms with van der Waals surface area (Å²) in [7, 11) is 0. The van der Waals surface area contributed by atoms with Gasteiger partial charge in [-0.2, -0.15) is 9.97 Å². The van der Waals surface area contributed by atoms with E-state index in [-0.39, 0.29) is 0 Å². The van der Waals surface area contributed by atoms with Gasteiger partial charge in [0.2, 0.25) is 5.95 Å². The highest BCUT2D eigenvalue weighted by atomic mass is 16.3. The largest absolute Gasteiger partial charge is 0.456 e. The number of benzene rings is 7. The van der Waals surface area contributed by atoms with Gasteiger partial charge in [-0.25, -0.2) is 4.98 Å². The minimum atomic E-state index is 0.562. The first-order chi connectivity index (χ1) is 24.8. The molecule has 0 aliphatic carbocycles. The Morgan fingerprint density at radius 3 is 1.54 bits per heavy atom. The molecule has 0 unspecified atom stereocenters. The quantitative estimate of drug-likeness (QED) is 0.188. The molecule has 50 heavy (non-hydrogen) atoms. The van der Waals surface area contributed by atoms with Crippen molar-refractivity contribution in [2.24, 2.45) is 0 Å². The molecule has 5 nitrogen and oxygen atoms in total. The van der Waals surface area contributed by atoms with E-state index >= 15 is 0 Å². The van der Waals surface area contributed by atoms with Crippen LogP contribution in [0.3, 0.4) is 0 Å². The van der Waals surface area contributed by atoms with E-state index in [1.807, 2.05) is 18.2 Å². The van der Waals surface area contributed by atoms with Crippen LogP contribution in [0.1, 0.15) is 0 Å². The van der Waals surface area contributed by atoms with Crippen LogP contribution >= 0.6 is 0 Å². The monoisotopic (exact) mass is 640 g/mol. The summed E-state index contributed by atoms with van der Waals surface area (Å²) in [4.78, 5) is 15.4. The van der Waals surface area contributed by atoms with Gasteiger partial charge in [0.05, 0.1) is 11.0 Å². The summed E-state index contributed by atoms with van der Waals surface area (Å²) in [6.45, 7) is 0. The maximum Gasteiger partial charge on any atom is 0.238 e. The predicted octanol–water partition coefficient (Wildman–Crippen LogP) is 11.5. The Kier molecular flexibility index (Phi) is 6.42. The van der Waals surface area contributed by atoms with E-state index in [1.54, 1.807) is 0 Å². The van der Waals surface area contributed by atoms with Crippen LogP contribution in [-0.4, -0.2) is 19.5 Å². The third-order valence-electron chi connectivity index (χ3n) is 9.49. The number of furan rings is 1. The number of aromatic nitrogens is 4. The first-order valence-electron chi connectivity index (χ1n) is 16.7. The van der Waals surface area contributed by atoms with Crippen LogP contribution < -0.4 is 0 Å². The minimum Gasteiger partial charge on any atom is -0.456 e. The zero-order valence-electron chi connectivity index (χ0n) is 26.9. The molecule has 234 valence electrons. The third-order valence-corrected chi connectivity index (χ3v) is 9.49. The Balaban J connectivity index is 1.15. The van der Waals surface area contributed by atoms with E-state index < -0.39 is 0 Å². The SMILES string of the molecule is c1ccc(-c2ccc(-c3nc(-c4ccc5c(c4)oc4ccc(-c6ccccc6)cc45)nc(-n4c5ccccc5c5ccccc54)n3)cc2)cc1. The number of para-hydroxylation sites is 2. The lowest BCUT2D eigenvalue weighted by Gasteiger charge is -2.11. The van der Waals surface area contributed by atoms with Crippen LogP contribution in [0.5, 0.6) is 0 Å². The molecule has 0 radical (unpaired) electrons. The number of hydrogen-bond donors (Lipinski definition) is 0. The van der Waals surface area contributed by atoms with Gasteiger partial charge >= 0.3 is 0 Å². The summed E-state index contributed by atoms with van der Waals surface area (Å²) in [6, 6.07) is 58.6. The summed E-state index contributed by atoms with van der Waals surface area (Å²) in [5.74, 6) is 1.74. The molecule has 0 aliphatic heterocycles. The van der Waals surface area contributed by atoms with Crippen molar-refractivity contribution < 1.29 is 4.42 Å². The lowest BCUT2D eigenvalue weighted by atomic mass is 10.0. The lowest BCUT2D eigenvalue weighted by molar-refractivity contribution is 0.669. The van der Waals surface area contributed by atoms with Crippen molar-refractivity contribution in [1.29, 1.82) is 0 Å². The highest BCUT2D eigenvalue weighted by Gasteiger charge is 2.19. The predicted molar refractivity (Wildman–Crippen MR) is 203 cm³/mol. The zero-order chi connectivity index (χ0) is 33.0. The number of hydrogen-bond acceptors (Lipinski definition) is 4. The molecule has 10 rings (SSSR count). The smallest absolute Gasteiger partial charge is 0.238 e. The molecule has 0 spiro atoms. The molecular formula is C45H28N4O. The lowest BCUT2D eigenvalue weighted by Crippen LogP contribution is -2.06. The van der Waals surface area contributed by atoms with Crippen LogP contribution in [-0.2, 0) is 0 Å². The number of rotatable bonds is 5. The van der Waals surface area contributed by atoms with Gasteiger partial charge in [0.1, 0.15) is 11.2 Å². The van der Waals surface area contributed by atoms with Crippen molar-refractivity contribution in [3.63, 3.8) is 0 Å². The van der Waals surface area contributed by atoms with Gasteiger partial charge in [-0.15, -0.1) is 0 Å². The van der Waals surface area contributed by atoms with Crippen LogP contribution in [0.15, 0.2) is 174 Å². The Bertz CT molecular complexity index is 2800. The molecule has 0 fully saturated rings. The van der Waals surface area contributed by atoms with Crippen LogP contribution in [0, 0.1) is 0 Å². The second-order valence-electron chi connectivity index (χ2n) is 12.5. The summed E-state index contributed by atoms with van der Waals surface area (Å²) >= 11 is 0. The maximum absolute atomic E-state index is 6.42. The average molecular weight is 641 g/mol. The molecule has 0 atom stereocenters. The molecular weight excluding hydrogens is 613 g/mol. The van der Waals surface area contributed by atoms with E-state index in [9.17, 15) is 0 Å². The fraction of sp³-hybridized carbons (Fsp3) is 0. The van der Waals surface area contributed by atoms with E-state index in [1.165, 1.54) is 5.56 Å². The van der Waals surface area contributed by atoms with Crippen LogP contribution in [0.4, 0.5) is 0 Å². The molecule has 0 bridgehead atoms. The fourth-order valence-electron chi connectivity index (χ4n) is 7.03. The molecule has 0 amide bonds. The van der Waals surface area contributed by atoms with Crippen molar-refractivity contribution in [2.45, 2.75) is 0 Å². The molecule has 0 aliphatic rings. The van der Waals surface area contributed by atoms with Gasteiger partial charge in [0, 0.05) is 32.7 Å². The van der Waals surface area contributed by atoms with E-state index in [0.29, 0.717) is 17.6 Å². The summed E-state index contributed by atoms with van der Waals surface area (Å²) < 4.78 is 8.56. The van der Waals surface area contributed by atoms with Crippen molar-refractivity contribution >= 4 is 43.7 Å². The highest BCUT2D eigenvalue weighted by Crippen LogP contribution is 2.36. The molecule has 3 heterocycles. The van der Waals surface area contributed by atoms with Gasteiger partial charge in [0.25, 0.3) is 0 Å². The topological polar surface area (TPSA) is 56.7 Å². The van der Waals surface area contributed by atoms with E-state index in [0.717, 1.165) is 71.6 Å². The van der Waals surface area contributed by atoms with Gasteiger partial charge in [-0.1, -0.05) is 133 Å². The third kappa shape index (κ3) is 4.67. The standard InChI is InChI=1S/C45H28N4O/c1-3-11-29(12-4-1)31-19-21-32(22-20-31)43-46-44(48-45(47-43)49-39-17-9-7-15-35(39)36-16-8-10-18-40(36)49)34-23-25-37-38-27-33(30-13-5-2-6-14-30)24-26-41(38)50-42(37)28-34/h1-28H. The Morgan fingerprint density at radius 1 is 0.340 bits per heavy atom. The van der Waals surface area contributed by atoms with Crippen molar-refractivity contribution in [1.82, 2.24) is 19.5 Å². The van der Waals surface area contributed by atoms with E-state index in [4.69, 9.17) is 19.4 Å². The minimum absolute atomic E-state index is 0.562. The molecule has 7 aromatic carbocycles.